The average molecular weight is 368 g/mol. The Kier molecular flexibility index (Phi) is 10.9. The molecule has 0 aromatic rings. The highest BCUT2D eigenvalue weighted by Crippen LogP contribution is 2.27. The van der Waals surface area contributed by atoms with Gasteiger partial charge in [0.15, 0.2) is 0 Å². The molecule has 1 rings (SSSR count). The standard InChI is InChI=1S/C20H32O6/c1-2-3-6-9-15(21)12-13-18-16(17(22)14-20(25)26-18)10-7-4-5-8-11-19(23)24/h4,7,12-13,15-18,21-22H,2-3,5-6,8-11,14H2,1H3,(H,23,24)/t15-,16-,17+,18+/m0/s1. The van der Waals surface area contributed by atoms with Crippen molar-refractivity contribution >= 4 is 11.9 Å². The molecule has 1 aliphatic heterocycles. The number of hydrogen-bond donors (Lipinski definition) is 3. The highest BCUT2D eigenvalue weighted by Gasteiger charge is 2.35. The van der Waals surface area contributed by atoms with E-state index in [0.717, 1.165) is 19.3 Å². The van der Waals surface area contributed by atoms with Gasteiger partial charge in [-0.05, 0) is 31.8 Å². The summed E-state index contributed by atoms with van der Waals surface area (Å²) < 4.78 is 5.35. The van der Waals surface area contributed by atoms with Crippen molar-refractivity contribution in [3.05, 3.63) is 24.3 Å². The second kappa shape index (κ2) is 12.7. The van der Waals surface area contributed by atoms with Crippen LogP contribution in [0.25, 0.3) is 0 Å². The number of carboxylic acid groups (broad SMARTS) is 1. The van der Waals surface area contributed by atoms with Gasteiger partial charge in [-0.3, -0.25) is 9.59 Å². The minimum absolute atomic E-state index is 0.0269. The summed E-state index contributed by atoms with van der Waals surface area (Å²) in [6.07, 6.45) is 10.8. The van der Waals surface area contributed by atoms with Crippen LogP contribution in [0.3, 0.4) is 0 Å². The smallest absolute Gasteiger partial charge is 0.309 e. The summed E-state index contributed by atoms with van der Waals surface area (Å²) in [5.41, 5.74) is 0. The number of cyclic esters (lactones) is 1. The molecule has 26 heavy (non-hydrogen) atoms. The summed E-state index contributed by atoms with van der Waals surface area (Å²) in [6.45, 7) is 2.10. The first kappa shape index (κ1) is 22.4. The minimum atomic E-state index is -0.810. The molecule has 0 amide bonds. The highest BCUT2D eigenvalue weighted by molar-refractivity contribution is 5.71. The van der Waals surface area contributed by atoms with Gasteiger partial charge in [-0.2, -0.15) is 0 Å². The van der Waals surface area contributed by atoms with E-state index in [4.69, 9.17) is 9.84 Å². The minimum Gasteiger partial charge on any atom is -0.481 e. The number of esters is 1. The Morgan fingerprint density at radius 1 is 1.31 bits per heavy atom. The molecule has 148 valence electrons. The van der Waals surface area contributed by atoms with Gasteiger partial charge in [0, 0.05) is 12.3 Å². The van der Waals surface area contributed by atoms with Crippen LogP contribution >= 0.6 is 0 Å². The van der Waals surface area contributed by atoms with Gasteiger partial charge in [0.05, 0.1) is 18.6 Å². The van der Waals surface area contributed by atoms with Crippen molar-refractivity contribution in [3.8, 4) is 0 Å². The summed E-state index contributed by atoms with van der Waals surface area (Å²) in [6, 6.07) is 0. The van der Waals surface area contributed by atoms with Crippen LogP contribution in [-0.2, 0) is 14.3 Å². The monoisotopic (exact) mass is 368 g/mol. The van der Waals surface area contributed by atoms with Crippen LogP contribution in [0.1, 0.15) is 64.7 Å². The van der Waals surface area contributed by atoms with E-state index >= 15 is 0 Å². The molecule has 0 aliphatic carbocycles. The van der Waals surface area contributed by atoms with Crippen LogP contribution in [0.4, 0.5) is 0 Å². The second-order valence-corrected chi connectivity index (χ2v) is 6.83. The molecule has 0 radical (unpaired) electrons. The Morgan fingerprint density at radius 2 is 2.08 bits per heavy atom. The average Bonchev–Trinajstić information content (AvgIpc) is 2.57. The SMILES string of the molecule is CCCCC[C@H](O)C=C[C@H]1OC(=O)C[C@@H](O)[C@@H]1CC=CCCCC(=O)O. The Morgan fingerprint density at radius 3 is 2.77 bits per heavy atom. The number of aliphatic carboxylic acids is 1. The number of carbonyl (C=O) groups excluding carboxylic acids is 1. The maximum absolute atomic E-state index is 11.6. The van der Waals surface area contributed by atoms with Gasteiger partial charge in [-0.15, -0.1) is 0 Å². The number of unbranched alkanes of at least 4 members (excludes halogenated alkanes) is 3. The molecule has 3 N–H and O–H groups in total. The quantitative estimate of drug-likeness (QED) is 0.278. The van der Waals surface area contributed by atoms with E-state index in [1.54, 1.807) is 12.2 Å². The van der Waals surface area contributed by atoms with Crippen LogP contribution in [0, 0.1) is 5.92 Å². The number of carbonyl (C=O) groups is 2. The van der Waals surface area contributed by atoms with Gasteiger partial charge < -0.3 is 20.1 Å². The lowest BCUT2D eigenvalue weighted by molar-refractivity contribution is -0.163. The number of allylic oxidation sites excluding steroid dienone is 2. The number of carboxylic acids is 1. The van der Waals surface area contributed by atoms with Crippen molar-refractivity contribution in [2.75, 3.05) is 0 Å². The van der Waals surface area contributed by atoms with E-state index in [9.17, 15) is 19.8 Å². The summed E-state index contributed by atoms with van der Waals surface area (Å²) in [5.74, 6) is -1.51. The third-order valence-electron chi connectivity index (χ3n) is 4.52. The van der Waals surface area contributed by atoms with E-state index in [1.165, 1.54) is 0 Å². The lowest BCUT2D eigenvalue weighted by Crippen LogP contribution is -2.41. The molecule has 1 aliphatic rings. The Bertz CT molecular complexity index is 485. The van der Waals surface area contributed by atoms with Gasteiger partial charge in [-0.25, -0.2) is 0 Å². The molecule has 1 fully saturated rings. The lowest BCUT2D eigenvalue weighted by Gasteiger charge is -2.32. The van der Waals surface area contributed by atoms with Crippen molar-refractivity contribution in [3.63, 3.8) is 0 Å². The maximum atomic E-state index is 11.6. The number of ether oxygens (including phenoxy) is 1. The first-order valence-electron chi connectivity index (χ1n) is 9.54. The van der Waals surface area contributed by atoms with E-state index in [1.807, 2.05) is 12.2 Å². The Hall–Kier alpha value is -1.66. The molecule has 6 heteroatoms. The summed E-state index contributed by atoms with van der Waals surface area (Å²) in [7, 11) is 0. The first-order valence-corrected chi connectivity index (χ1v) is 9.54. The van der Waals surface area contributed by atoms with E-state index < -0.39 is 30.3 Å². The third-order valence-corrected chi connectivity index (χ3v) is 4.52. The fourth-order valence-corrected chi connectivity index (χ4v) is 2.98. The second-order valence-electron chi connectivity index (χ2n) is 6.83. The third kappa shape index (κ3) is 9.15. The normalized spacial score (nSPS) is 24.9. The van der Waals surface area contributed by atoms with Crippen molar-refractivity contribution in [1.82, 2.24) is 0 Å². The summed E-state index contributed by atoms with van der Waals surface area (Å²) >= 11 is 0. The summed E-state index contributed by atoms with van der Waals surface area (Å²) in [5, 5.41) is 28.8. The van der Waals surface area contributed by atoms with E-state index in [-0.39, 0.29) is 18.8 Å². The largest absolute Gasteiger partial charge is 0.481 e. The Labute approximate surface area is 155 Å². The van der Waals surface area contributed by atoms with Crippen LogP contribution in [0.5, 0.6) is 0 Å². The molecule has 0 unspecified atom stereocenters. The zero-order chi connectivity index (χ0) is 19.4. The lowest BCUT2D eigenvalue weighted by atomic mass is 9.87. The van der Waals surface area contributed by atoms with Crippen molar-refractivity contribution in [2.24, 2.45) is 5.92 Å². The van der Waals surface area contributed by atoms with Crippen LogP contribution < -0.4 is 0 Å². The summed E-state index contributed by atoms with van der Waals surface area (Å²) in [4.78, 5) is 22.1. The molecule has 6 nitrogen and oxygen atoms in total. The van der Waals surface area contributed by atoms with Gasteiger partial charge in [0.2, 0.25) is 0 Å². The number of aliphatic hydroxyl groups excluding tert-OH is 2. The molecule has 4 atom stereocenters. The Balaban J connectivity index is 2.54. The molecule has 0 aromatic heterocycles. The molecule has 0 bridgehead atoms. The number of rotatable bonds is 12. The predicted molar refractivity (Wildman–Crippen MR) is 98.5 cm³/mol. The van der Waals surface area contributed by atoms with Crippen LogP contribution in [0.15, 0.2) is 24.3 Å². The van der Waals surface area contributed by atoms with Crippen molar-refractivity contribution in [2.45, 2.75) is 83.0 Å². The molecule has 1 saturated heterocycles. The molecular formula is C20H32O6. The van der Waals surface area contributed by atoms with Gasteiger partial charge in [-0.1, -0.05) is 44.4 Å². The van der Waals surface area contributed by atoms with E-state index in [2.05, 4.69) is 6.92 Å². The topological polar surface area (TPSA) is 104 Å². The molecule has 0 saturated carbocycles. The molecule has 0 spiro atoms. The molecule has 0 aromatic carbocycles. The van der Waals surface area contributed by atoms with E-state index in [0.29, 0.717) is 25.7 Å². The van der Waals surface area contributed by atoms with Gasteiger partial charge >= 0.3 is 11.9 Å². The fourth-order valence-electron chi connectivity index (χ4n) is 2.98. The van der Waals surface area contributed by atoms with Crippen LogP contribution in [-0.4, -0.2) is 45.6 Å². The highest BCUT2D eigenvalue weighted by atomic mass is 16.5. The molecule has 1 heterocycles. The predicted octanol–water partition coefficient (Wildman–Crippen LogP) is 2.98. The van der Waals surface area contributed by atoms with Crippen molar-refractivity contribution in [1.29, 1.82) is 0 Å². The van der Waals surface area contributed by atoms with Crippen molar-refractivity contribution < 1.29 is 29.6 Å². The fraction of sp³-hybridized carbons (Fsp3) is 0.700. The van der Waals surface area contributed by atoms with Crippen LogP contribution in [0.2, 0.25) is 0 Å². The molecular weight excluding hydrogens is 336 g/mol. The zero-order valence-electron chi connectivity index (χ0n) is 15.5. The zero-order valence-corrected chi connectivity index (χ0v) is 15.5. The first-order chi connectivity index (χ1) is 12.4. The number of hydrogen-bond acceptors (Lipinski definition) is 5. The van der Waals surface area contributed by atoms with Gasteiger partial charge in [0.1, 0.15) is 6.10 Å². The number of aliphatic hydroxyl groups is 2. The maximum Gasteiger partial charge on any atom is 0.309 e. The van der Waals surface area contributed by atoms with Gasteiger partial charge in [0.25, 0.3) is 0 Å².